The summed E-state index contributed by atoms with van der Waals surface area (Å²) >= 11 is 0. The number of nitrogens with zero attached hydrogens (tertiary/aromatic N) is 4. The molecule has 0 amide bonds. The van der Waals surface area contributed by atoms with Crippen LogP contribution in [-0.2, 0) is 4.79 Å². The number of hydrogen-bond acceptors (Lipinski definition) is 6. The fourth-order valence-corrected chi connectivity index (χ4v) is 3.73. The lowest BCUT2D eigenvalue weighted by atomic mass is 9.93. The molecular formula is C28H18N4O3. The summed E-state index contributed by atoms with van der Waals surface area (Å²) < 4.78 is 5.49. The quantitative estimate of drug-likeness (QED) is 0.171. The number of carbonyl (C=O) groups excluding carboxylic acids is 1. The van der Waals surface area contributed by atoms with E-state index >= 15 is 0 Å². The molecule has 168 valence electrons. The molecule has 7 heteroatoms. The maximum absolute atomic E-state index is 13.1. The van der Waals surface area contributed by atoms with E-state index in [4.69, 9.17) is 4.74 Å². The zero-order valence-corrected chi connectivity index (χ0v) is 18.4. The topological polar surface area (TPSA) is 101 Å². The number of phenols is 1. The summed E-state index contributed by atoms with van der Waals surface area (Å²) in [6, 6.07) is 32.1. The van der Waals surface area contributed by atoms with E-state index in [2.05, 4.69) is 10.2 Å². The summed E-state index contributed by atoms with van der Waals surface area (Å²) in [5.41, 5.74) is 3.43. The molecule has 4 aromatic carbocycles. The molecule has 0 saturated heterocycles. The first-order chi connectivity index (χ1) is 17.1. The van der Waals surface area contributed by atoms with Gasteiger partial charge in [-0.2, -0.15) is 5.26 Å². The van der Waals surface area contributed by atoms with Crippen LogP contribution in [0, 0.1) is 11.3 Å². The van der Waals surface area contributed by atoms with Crippen LogP contribution in [-0.4, -0.2) is 26.1 Å². The molecule has 5 rings (SSSR count). The Bertz CT molecular complexity index is 1530. The Labute approximate surface area is 200 Å². The third kappa shape index (κ3) is 4.36. The molecule has 0 saturated carbocycles. The van der Waals surface area contributed by atoms with Gasteiger partial charge in [-0.05, 0) is 35.4 Å². The minimum Gasteiger partial charge on any atom is -0.505 e. The molecule has 35 heavy (non-hydrogen) atoms. The minimum atomic E-state index is -0.828. The fourth-order valence-electron chi connectivity index (χ4n) is 3.73. The second-order valence-electron chi connectivity index (χ2n) is 7.61. The zero-order chi connectivity index (χ0) is 24.2. The molecule has 0 fully saturated rings. The van der Waals surface area contributed by atoms with E-state index in [1.807, 2.05) is 91.0 Å². The number of esters is 1. The first-order valence-electron chi connectivity index (χ1n) is 10.8. The molecule has 0 atom stereocenters. The summed E-state index contributed by atoms with van der Waals surface area (Å²) in [5.74, 6) is -0.920. The van der Waals surface area contributed by atoms with E-state index in [1.165, 1.54) is 16.9 Å². The van der Waals surface area contributed by atoms with E-state index in [0.29, 0.717) is 33.4 Å². The van der Waals surface area contributed by atoms with Crippen molar-refractivity contribution < 1.29 is 14.6 Å². The average molecular weight is 458 g/mol. The van der Waals surface area contributed by atoms with Gasteiger partial charge < -0.3 is 9.84 Å². The number of aromatic nitrogens is 3. The molecule has 5 aromatic rings. The Morgan fingerprint density at radius 2 is 1.34 bits per heavy atom. The number of aromatic hydroxyl groups is 1. The largest absolute Gasteiger partial charge is 0.505 e. The van der Waals surface area contributed by atoms with Crippen molar-refractivity contribution >= 4 is 22.6 Å². The summed E-state index contributed by atoms with van der Waals surface area (Å²) in [7, 11) is 0. The molecule has 0 aliphatic heterocycles. The summed E-state index contributed by atoms with van der Waals surface area (Å²) in [6.07, 6.45) is 0. The van der Waals surface area contributed by atoms with Crippen molar-refractivity contribution in [2.45, 2.75) is 0 Å². The van der Waals surface area contributed by atoms with Gasteiger partial charge in [0.05, 0.1) is 0 Å². The van der Waals surface area contributed by atoms with E-state index in [1.54, 1.807) is 6.07 Å². The van der Waals surface area contributed by atoms with Gasteiger partial charge in [0, 0.05) is 11.6 Å². The number of carbonyl (C=O) groups is 1. The van der Waals surface area contributed by atoms with Gasteiger partial charge in [-0.25, -0.2) is 4.79 Å². The van der Waals surface area contributed by atoms with Crippen molar-refractivity contribution in [3.8, 4) is 23.3 Å². The second kappa shape index (κ2) is 9.33. The Morgan fingerprint density at radius 1 is 0.800 bits per heavy atom. The Hall–Kier alpha value is -5.22. The predicted molar refractivity (Wildman–Crippen MR) is 131 cm³/mol. The average Bonchev–Trinajstić information content (AvgIpc) is 3.32. The summed E-state index contributed by atoms with van der Waals surface area (Å²) in [4.78, 5) is 14.4. The van der Waals surface area contributed by atoms with Crippen molar-refractivity contribution in [3.05, 3.63) is 120 Å². The van der Waals surface area contributed by atoms with Crippen LogP contribution in [0.2, 0.25) is 0 Å². The Kier molecular flexibility index (Phi) is 5.76. The van der Waals surface area contributed by atoms with Crippen LogP contribution < -0.4 is 4.74 Å². The number of hydrogen-bond donors (Lipinski definition) is 1. The molecule has 0 aliphatic carbocycles. The monoisotopic (exact) mass is 458 g/mol. The number of ether oxygens (including phenoxy) is 1. The van der Waals surface area contributed by atoms with Crippen molar-refractivity contribution in [2.24, 2.45) is 0 Å². The normalized spacial score (nSPS) is 10.5. The van der Waals surface area contributed by atoms with E-state index in [-0.39, 0.29) is 17.1 Å². The lowest BCUT2D eigenvalue weighted by Crippen LogP contribution is -2.13. The van der Waals surface area contributed by atoms with Crippen molar-refractivity contribution in [3.63, 3.8) is 0 Å². The van der Waals surface area contributed by atoms with Crippen LogP contribution in [0.4, 0.5) is 0 Å². The molecule has 1 N–H and O–H groups in total. The number of rotatable bonds is 5. The third-order valence-electron chi connectivity index (χ3n) is 5.35. The first kappa shape index (κ1) is 21.6. The minimum absolute atomic E-state index is 0.0844. The smallest absolute Gasteiger partial charge is 0.354 e. The SMILES string of the molecule is N#CC(C(=O)Oc1ccc(-n2nc3ccccc3n2)c(O)c1)=C(c1ccccc1)c1ccccc1. The Morgan fingerprint density at radius 3 is 1.86 bits per heavy atom. The predicted octanol–water partition coefficient (Wildman–Crippen LogP) is 5.06. The number of fused-ring (bicyclic) bond motifs is 1. The van der Waals surface area contributed by atoms with Crippen LogP contribution in [0.15, 0.2) is 109 Å². The van der Waals surface area contributed by atoms with Crippen LogP contribution in [0.3, 0.4) is 0 Å². The lowest BCUT2D eigenvalue weighted by molar-refractivity contribution is -0.129. The van der Waals surface area contributed by atoms with E-state index in [0.717, 1.165) is 0 Å². The lowest BCUT2D eigenvalue weighted by Gasteiger charge is -2.12. The van der Waals surface area contributed by atoms with Gasteiger partial charge in [-0.15, -0.1) is 15.0 Å². The van der Waals surface area contributed by atoms with E-state index < -0.39 is 5.97 Å². The van der Waals surface area contributed by atoms with Crippen LogP contribution >= 0.6 is 0 Å². The van der Waals surface area contributed by atoms with Crippen LogP contribution in [0.1, 0.15) is 11.1 Å². The molecular weight excluding hydrogens is 440 g/mol. The maximum Gasteiger partial charge on any atom is 0.354 e. The van der Waals surface area contributed by atoms with Gasteiger partial charge in [0.15, 0.2) is 0 Å². The summed E-state index contributed by atoms with van der Waals surface area (Å²) in [5, 5.41) is 29.2. The standard InChI is InChI=1S/C28H18N4O3/c29-18-22(27(19-9-3-1-4-10-19)20-11-5-2-6-12-20)28(34)35-21-15-16-25(26(33)17-21)32-30-23-13-7-8-14-24(23)31-32/h1-17,33H. The van der Waals surface area contributed by atoms with Crippen molar-refractivity contribution in [1.29, 1.82) is 5.26 Å². The third-order valence-corrected chi connectivity index (χ3v) is 5.35. The molecule has 0 aliphatic rings. The second-order valence-corrected chi connectivity index (χ2v) is 7.61. The van der Waals surface area contributed by atoms with Crippen LogP contribution in [0.25, 0.3) is 22.3 Å². The van der Waals surface area contributed by atoms with E-state index in [9.17, 15) is 15.2 Å². The van der Waals surface area contributed by atoms with Crippen molar-refractivity contribution in [2.75, 3.05) is 0 Å². The van der Waals surface area contributed by atoms with Gasteiger partial charge in [0.25, 0.3) is 0 Å². The highest BCUT2D eigenvalue weighted by Gasteiger charge is 2.21. The molecule has 7 nitrogen and oxygen atoms in total. The number of phenolic OH excluding ortho intramolecular Hbond substituents is 1. The maximum atomic E-state index is 13.1. The highest BCUT2D eigenvalue weighted by Crippen LogP contribution is 2.30. The number of nitriles is 1. The van der Waals surface area contributed by atoms with Crippen LogP contribution in [0.5, 0.6) is 11.5 Å². The van der Waals surface area contributed by atoms with Crippen molar-refractivity contribution in [1.82, 2.24) is 15.0 Å². The number of benzene rings is 4. The molecule has 0 spiro atoms. The zero-order valence-electron chi connectivity index (χ0n) is 18.4. The summed E-state index contributed by atoms with van der Waals surface area (Å²) in [6.45, 7) is 0. The highest BCUT2D eigenvalue weighted by molar-refractivity contribution is 6.06. The first-order valence-corrected chi connectivity index (χ1v) is 10.8. The van der Waals surface area contributed by atoms with Gasteiger partial charge in [-0.1, -0.05) is 72.8 Å². The van der Waals surface area contributed by atoms with Gasteiger partial charge in [0.1, 0.15) is 39.9 Å². The molecule has 1 heterocycles. The van der Waals surface area contributed by atoms with Gasteiger partial charge in [0.2, 0.25) is 0 Å². The molecule has 0 unspecified atom stereocenters. The van der Waals surface area contributed by atoms with Gasteiger partial charge >= 0.3 is 5.97 Å². The highest BCUT2D eigenvalue weighted by atomic mass is 16.5. The van der Waals surface area contributed by atoms with Gasteiger partial charge in [-0.3, -0.25) is 0 Å². The molecule has 0 bridgehead atoms. The fraction of sp³-hybridized carbons (Fsp3) is 0. The molecule has 0 radical (unpaired) electrons. The molecule has 1 aromatic heterocycles. The Balaban J connectivity index is 1.49.